The van der Waals surface area contributed by atoms with Crippen molar-refractivity contribution < 1.29 is 13.2 Å². The van der Waals surface area contributed by atoms with E-state index in [2.05, 4.69) is 10.0 Å². The Bertz CT molecular complexity index is 1030. The van der Waals surface area contributed by atoms with Crippen molar-refractivity contribution in [3.63, 3.8) is 0 Å². The Hall–Kier alpha value is -1.80. The molecule has 2 heterocycles. The first-order chi connectivity index (χ1) is 13.3. The van der Waals surface area contributed by atoms with Crippen LogP contribution in [0.25, 0.3) is 0 Å². The van der Waals surface area contributed by atoms with E-state index in [-0.39, 0.29) is 17.2 Å². The van der Waals surface area contributed by atoms with Crippen LogP contribution >= 0.6 is 23.2 Å². The molecule has 0 unspecified atom stereocenters. The molecule has 2 aromatic carbocycles. The average Bonchev–Trinajstić information content (AvgIpc) is 2.64. The van der Waals surface area contributed by atoms with Crippen molar-refractivity contribution in [2.24, 2.45) is 0 Å². The van der Waals surface area contributed by atoms with Crippen molar-refractivity contribution >= 4 is 44.8 Å². The molecule has 0 saturated carbocycles. The highest BCUT2D eigenvalue weighted by Crippen LogP contribution is 2.35. The van der Waals surface area contributed by atoms with Crippen LogP contribution < -0.4 is 10.0 Å². The summed E-state index contributed by atoms with van der Waals surface area (Å²) >= 11 is 11.9. The van der Waals surface area contributed by atoms with Crippen LogP contribution in [-0.4, -0.2) is 38.0 Å². The number of nitrogens with zero attached hydrogens (tertiary/aromatic N) is 1. The average molecular weight is 440 g/mol. The zero-order valence-electron chi connectivity index (χ0n) is 14.9. The molecule has 4 rings (SSSR count). The van der Waals surface area contributed by atoms with Gasteiger partial charge in [-0.3, -0.25) is 4.79 Å². The number of anilines is 1. The van der Waals surface area contributed by atoms with E-state index >= 15 is 0 Å². The van der Waals surface area contributed by atoms with E-state index in [1.54, 1.807) is 47.4 Å². The van der Waals surface area contributed by atoms with E-state index < -0.39 is 15.7 Å². The maximum atomic E-state index is 12.7. The standard InChI is InChI=1S/C19H19Cl2N3O3S/c20-14-6-5-13(11-15(14)21)12-18(25)24-9-7-19(8-10-24)22-16-3-1-2-4-17(16)28(26,27)23-19/h1-6,11,22-23H,7-10,12H2. The SMILES string of the molecule is O=C(Cc1ccc(Cl)c(Cl)c1)N1CCC2(CC1)Nc1ccccc1S(=O)(=O)N2. The molecule has 1 spiro atoms. The molecule has 1 saturated heterocycles. The van der Waals surface area contributed by atoms with Crippen LogP contribution in [0.3, 0.4) is 0 Å². The van der Waals surface area contributed by atoms with E-state index in [9.17, 15) is 13.2 Å². The fourth-order valence-corrected chi connectivity index (χ4v) is 5.57. The molecule has 0 radical (unpaired) electrons. The minimum absolute atomic E-state index is 0.0210. The van der Waals surface area contributed by atoms with E-state index in [4.69, 9.17) is 23.2 Å². The number of fused-ring (bicyclic) bond motifs is 1. The normalized spacial score (nSPS) is 19.7. The van der Waals surface area contributed by atoms with Gasteiger partial charge in [0.25, 0.3) is 0 Å². The molecular weight excluding hydrogens is 421 g/mol. The molecule has 2 aliphatic heterocycles. The van der Waals surface area contributed by atoms with Crippen molar-refractivity contribution in [2.45, 2.75) is 29.8 Å². The number of likely N-dealkylation sites (tertiary alicyclic amines) is 1. The lowest BCUT2D eigenvalue weighted by molar-refractivity contribution is -0.131. The molecule has 0 atom stereocenters. The Kier molecular flexibility index (Phi) is 5.03. The zero-order valence-corrected chi connectivity index (χ0v) is 17.2. The van der Waals surface area contributed by atoms with Crippen LogP contribution in [0.1, 0.15) is 18.4 Å². The highest BCUT2D eigenvalue weighted by Gasteiger charge is 2.43. The summed E-state index contributed by atoms with van der Waals surface area (Å²) in [4.78, 5) is 14.7. The van der Waals surface area contributed by atoms with Crippen molar-refractivity contribution in [1.29, 1.82) is 0 Å². The summed E-state index contributed by atoms with van der Waals surface area (Å²) in [6.07, 6.45) is 1.19. The summed E-state index contributed by atoms with van der Waals surface area (Å²) in [6, 6.07) is 12.0. The molecule has 6 nitrogen and oxygen atoms in total. The van der Waals surface area contributed by atoms with Gasteiger partial charge < -0.3 is 10.2 Å². The summed E-state index contributed by atoms with van der Waals surface area (Å²) in [6.45, 7) is 0.912. The molecule has 2 aliphatic rings. The van der Waals surface area contributed by atoms with E-state index in [1.807, 2.05) is 0 Å². The largest absolute Gasteiger partial charge is 0.365 e. The van der Waals surface area contributed by atoms with Gasteiger partial charge in [0.15, 0.2) is 0 Å². The van der Waals surface area contributed by atoms with Gasteiger partial charge in [-0.2, -0.15) is 4.72 Å². The van der Waals surface area contributed by atoms with Gasteiger partial charge >= 0.3 is 0 Å². The number of rotatable bonds is 2. The van der Waals surface area contributed by atoms with Gasteiger partial charge in [0, 0.05) is 25.9 Å². The minimum Gasteiger partial charge on any atom is -0.365 e. The second-order valence-electron chi connectivity index (χ2n) is 7.11. The van der Waals surface area contributed by atoms with E-state index in [0.717, 1.165) is 5.56 Å². The van der Waals surface area contributed by atoms with Gasteiger partial charge in [-0.05, 0) is 29.8 Å². The topological polar surface area (TPSA) is 78.5 Å². The van der Waals surface area contributed by atoms with Crippen LogP contribution in [0.4, 0.5) is 5.69 Å². The number of para-hydroxylation sites is 1. The first-order valence-electron chi connectivity index (χ1n) is 8.91. The van der Waals surface area contributed by atoms with Crippen LogP contribution in [0, 0.1) is 0 Å². The van der Waals surface area contributed by atoms with Crippen molar-refractivity contribution in [3.05, 3.63) is 58.1 Å². The van der Waals surface area contributed by atoms with Gasteiger partial charge in [0.1, 0.15) is 10.6 Å². The zero-order chi connectivity index (χ0) is 19.9. The predicted octanol–water partition coefficient (Wildman–Crippen LogP) is 3.26. The van der Waals surface area contributed by atoms with Gasteiger partial charge in [0.05, 0.1) is 22.2 Å². The summed E-state index contributed by atoms with van der Waals surface area (Å²) in [7, 11) is -3.59. The maximum absolute atomic E-state index is 12.7. The van der Waals surface area contributed by atoms with Crippen LogP contribution in [0.15, 0.2) is 47.4 Å². The number of sulfonamides is 1. The first-order valence-corrected chi connectivity index (χ1v) is 11.1. The second-order valence-corrected chi connectivity index (χ2v) is 9.58. The minimum atomic E-state index is -3.59. The highest BCUT2D eigenvalue weighted by atomic mass is 35.5. The number of piperidine rings is 1. The van der Waals surface area contributed by atoms with Crippen LogP contribution in [0.2, 0.25) is 10.0 Å². The number of halogens is 2. The molecule has 28 heavy (non-hydrogen) atoms. The lowest BCUT2D eigenvalue weighted by Gasteiger charge is -2.45. The Morgan fingerprint density at radius 3 is 2.50 bits per heavy atom. The van der Waals surface area contributed by atoms with Gasteiger partial charge in [0.2, 0.25) is 15.9 Å². The summed E-state index contributed by atoms with van der Waals surface area (Å²) in [5.74, 6) is -0.0210. The molecule has 0 aromatic heterocycles. The van der Waals surface area contributed by atoms with Crippen LogP contribution in [0.5, 0.6) is 0 Å². The fourth-order valence-electron chi connectivity index (χ4n) is 3.70. The molecule has 1 fully saturated rings. The van der Waals surface area contributed by atoms with E-state index in [1.165, 1.54) is 0 Å². The van der Waals surface area contributed by atoms with Gasteiger partial charge in [-0.25, -0.2) is 8.42 Å². The number of hydrogen-bond donors (Lipinski definition) is 2. The fraction of sp³-hybridized carbons (Fsp3) is 0.316. The maximum Gasteiger partial charge on any atom is 0.244 e. The number of benzene rings is 2. The second kappa shape index (κ2) is 7.22. The van der Waals surface area contributed by atoms with Gasteiger partial charge in [-0.1, -0.05) is 41.4 Å². The van der Waals surface area contributed by atoms with Gasteiger partial charge in [-0.15, -0.1) is 0 Å². The summed E-state index contributed by atoms with van der Waals surface area (Å²) < 4.78 is 28.0. The number of carbonyl (C=O) groups is 1. The van der Waals surface area contributed by atoms with Crippen molar-refractivity contribution in [3.8, 4) is 0 Å². The molecular formula is C19H19Cl2N3O3S. The number of nitrogens with one attached hydrogen (secondary N) is 2. The molecule has 9 heteroatoms. The smallest absolute Gasteiger partial charge is 0.244 e. The highest BCUT2D eigenvalue weighted by molar-refractivity contribution is 7.89. The molecule has 0 bridgehead atoms. The Labute approximate surface area is 173 Å². The lowest BCUT2D eigenvalue weighted by atomic mass is 9.96. The number of hydrogen-bond acceptors (Lipinski definition) is 4. The predicted molar refractivity (Wildman–Crippen MR) is 109 cm³/mol. The molecule has 2 N–H and O–H groups in total. The Morgan fingerprint density at radius 2 is 1.79 bits per heavy atom. The molecule has 148 valence electrons. The third kappa shape index (κ3) is 3.72. The number of amides is 1. The first kappa shape index (κ1) is 19.5. The van der Waals surface area contributed by atoms with Crippen molar-refractivity contribution in [1.82, 2.24) is 9.62 Å². The summed E-state index contributed by atoms with van der Waals surface area (Å²) in [5, 5.41) is 4.20. The third-order valence-electron chi connectivity index (χ3n) is 5.19. The van der Waals surface area contributed by atoms with Crippen LogP contribution in [-0.2, 0) is 21.2 Å². The number of carbonyl (C=O) groups excluding carboxylic acids is 1. The molecule has 0 aliphatic carbocycles. The monoisotopic (exact) mass is 439 g/mol. The quantitative estimate of drug-likeness (QED) is 0.752. The summed E-state index contributed by atoms with van der Waals surface area (Å²) in [5.41, 5.74) is 0.620. The van der Waals surface area contributed by atoms with Crippen molar-refractivity contribution in [2.75, 3.05) is 18.4 Å². The molecule has 2 aromatic rings. The van der Waals surface area contributed by atoms with E-state index in [0.29, 0.717) is 41.7 Å². The Morgan fingerprint density at radius 1 is 1.07 bits per heavy atom. The third-order valence-corrected chi connectivity index (χ3v) is 7.52. The Balaban J connectivity index is 1.45. The molecule has 1 amide bonds. The lowest BCUT2D eigenvalue weighted by Crippen LogP contribution is -2.62.